The van der Waals surface area contributed by atoms with Gasteiger partial charge >= 0.3 is 0 Å². The summed E-state index contributed by atoms with van der Waals surface area (Å²) in [6.45, 7) is 14.4. The molecule has 8 bridgehead atoms. The van der Waals surface area contributed by atoms with Gasteiger partial charge in [-0.2, -0.15) is 0 Å². The summed E-state index contributed by atoms with van der Waals surface area (Å²) in [6.07, 6.45) is 16.3. The molecular weight excluding hydrogens is 472 g/mol. The third kappa shape index (κ3) is 3.71. The quantitative estimate of drug-likeness (QED) is 0.444. The van der Waals surface area contributed by atoms with Crippen LogP contribution >= 0.6 is 0 Å². The smallest absolute Gasteiger partial charge is 0.231 e. The third-order valence-corrected chi connectivity index (χ3v) is 11.8. The summed E-state index contributed by atoms with van der Waals surface area (Å²) in [5, 5.41) is 6.31. The van der Waals surface area contributed by atoms with Crippen LogP contribution in [0.4, 0.5) is 11.6 Å². The van der Waals surface area contributed by atoms with Gasteiger partial charge in [0.25, 0.3) is 0 Å². The third-order valence-electron chi connectivity index (χ3n) is 11.8. The van der Waals surface area contributed by atoms with E-state index < -0.39 is 0 Å². The van der Waals surface area contributed by atoms with Crippen molar-refractivity contribution in [3.05, 3.63) is 12.4 Å². The van der Waals surface area contributed by atoms with Gasteiger partial charge in [0, 0.05) is 0 Å². The van der Waals surface area contributed by atoms with E-state index in [9.17, 15) is 9.59 Å². The Morgan fingerprint density at radius 1 is 0.526 bits per heavy atom. The fourth-order valence-corrected chi connectivity index (χ4v) is 14.0. The number of amides is 2. The molecular formula is C32H46N4O2. The molecule has 2 N–H and O–H groups in total. The van der Waals surface area contributed by atoms with Crippen molar-refractivity contribution in [3.63, 3.8) is 0 Å². The molecule has 0 saturated heterocycles. The summed E-state index contributed by atoms with van der Waals surface area (Å²) < 4.78 is 0. The molecule has 38 heavy (non-hydrogen) atoms. The highest BCUT2D eigenvalue weighted by Crippen LogP contribution is 2.75. The number of rotatable bonds is 4. The van der Waals surface area contributed by atoms with E-state index in [1.165, 1.54) is 38.5 Å². The van der Waals surface area contributed by atoms with Gasteiger partial charge in [-0.15, -0.1) is 0 Å². The molecule has 1 aromatic rings. The summed E-state index contributed by atoms with van der Waals surface area (Å²) in [6, 6.07) is 0. The van der Waals surface area contributed by atoms with Crippen LogP contribution in [0.1, 0.15) is 119 Å². The van der Waals surface area contributed by atoms with Crippen LogP contribution in [0.15, 0.2) is 12.4 Å². The molecule has 6 heteroatoms. The monoisotopic (exact) mass is 518 g/mol. The van der Waals surface area contributed by atoms with E-state index in [2.05, 4.69) is 62.1 Å². The zero-order valence-corrected chi connectivity index (χ0v) is 24.4. The molecule has 206 valence electrons. The summed E-state index contributed by atoms with van der Waals surface area (Å²) >= 11 is 0. The number of hydrogen-bond acceptors (Lipinski definition) is 4. The van der Waals surface area contributed by atoms with Crippen LogP contribution in [0, 0.1) is 43.3 Å². The Hall–Kier alpha value is -1.98. The molecule has 8 aliphatic carbocycles. The maximum absolute atomic E-state index is 13.9. The molecule has 8 aliphatic rings. The van der Waals surface area contributed by atoms with Gasteiger partial charge in [-0.25, -0.2) is 4.98 Å². The average Bonchev–Trinajstić information content (AvgIpc) is 2.67. The number of carbonyl (C=O) groups excluding carboxylic acids is 2. The number of nitrogens with one attached hydrogen (secondary N) is 2. The molecule has 0 spiro atoms. The second-order valence-corrected chi connectivity index (χ2v) is 17.7. The summed E-state index contributed by atoms with van der Waals surface area (Å²) in [7, 11) is 0. The standard InChI is InChI=1S/C32H46N4O2/c1-25-9-26(2)11-27(3,10-25)17-31(15-25,16-26)23(37)35-21-7-33-8-22(34-21)36-24(38)32-18-28(4)12-29(5,19-32)14-30(6,13-28)20-32/h7-8H,9-20H2,1-6H3,(H2,34,35,36,37,38). The van der Waals surface area contributed by atoms with Crippen molar-refractivity contribution in [2.24, 2.45) is 43.3 Å². The predicted molar refractivity (Wildman–Crippen MR) is 148 cm³/mol. The van der Waals surface area contributed by atoms with Gasteiger partial charge in [0.15, 0.2) is 11.6 Å². The van der Waals surface area contributed by atoms with Crippen molar-refractivity contribution in [1.29, 1.82) is 0 Å². The highest BCUT2D eigenvalue weighted by atomic mass is 16.2. The first-order valence-corrected chi connectivity index (χ1v) is 14.9. The van der Waals surface area contributed by atoms with Crippen molar-refractivity contribution < 1.29 is 9.59 Å². The summed E-state index contributed by atoms with van der Waals surface area (Å²) in [5.41, 5.74) is 0.730. The zero-order valence-electron chi connectivity index (χ0n) is 24.4. The molecule has 1 heterocycles. The van der Waals surface area contributed by atoms with Gasteiger partial charge in [-0.1, -0.05) is 41.5 Å². The molecule has 8 fully saturated rings. The molecule has 0 unspecified atom stereocenters. The van der Waals surface area contributed by atoms with Gasteiger partial charge in [0.05, 0.1) is 23.2 Å². The lowest BCUT2D eigenvalue weighted by atomic mass is 9.36. The number of hydrogen-bond donors (Lipinski definition) is 2. The average molecular weight is 519 g/mol. The zero-order chi connectivity index (χ0) is 27.0. The van der Waals surface area contributed by atoms with Gasteiger partial charge in [-0.05, 0) is 110 Å². The van der Waals surface area contributed by atoms with E-state index in [1.54, 1.807) is 12.4 Å². The maximum Gasteiger partial charge on any atom is 0.231 e. The SMILES string of the molecule is CC12CC3(C)CC(C)(C1)CC(C(=O)Nc1cncc(NC(=O)C45CC6(C)CC(C)(CC(C)(C6)C4)C5)n1)(C2)C3. The van der Waals surface area contributed by atoms with Crippen molar-refractivity contribution in [2.45, 2.75) is 119 Å². The highest BCUT2D eigenvalue weighted by Gasteiger charge is 2.67. The number of anilines is 2. The van der Waals surface area contributed by atoms with E-state index in [0.29, 0.717) is 11.6 Å². The summed E-state index contributed by atoms with van der Waals surface area (Å²) in [5.74, 6) is 1.07. The van der Waals surface area contributed by atoms with Gasteiger partial charge in [-0.3, -0.25) is 14.6 Å². The Kier molecular flexibility index (Phi) is 4.62. The Balaban J connectivity index is 1.10. The van der Waals surface area contributed by atoms with Crippen molar-refractivity contribution in [1.82, 2.24) is 9.97 Å². The van der Waals surface area contributed by atoms with Crippen molar-refractivity contribution in [2.75, 3.05) is 10.6 Å². The van der Waals surface area contributed by atoms with Crippen molar-refractivity contribution in [3.8, 4) is 0 Å². The van der Waals surface area contributed by atoms with E-state index in [4.69, 9.17) is 0 Å². The summed E-state index contributed by atoms with van der Waals surface area (Å²) in [4.78, 5) is 36.8. The van der Waals surface area contributed by atoms with E-state index in [0.717, 1.165) is 38.5 Å². The lowest BCUT2D eigenvalue weighted by molar-refractivity contribution is -0.188. The molecule has 8 saturated carbocycles. The largest absolute Gasteiger partial charge is 0.309 e. The van der Waals surface area contributed by atoms with Gasteiger partial charge in [0.1, 0.15) is 0 Å². The minimum atomic E-state index is -0.340. The lowest BCUT2D eigenvalue weighted by Gasteiger charge is -2.68. The first-order valence-electron chi connectivity index (χ1n) is 14.9. The second kappa shape index (κ2) is 7.01. The Morgan fingerprint density at radius 3 is 1.05 bits per heavy atom. The minimum absolute atomic E-state index is 0.0907. The molecule has 1 aromatic heterocycles. The Morgan fingerprint density at radius 2 is 0.789 bits per heavy atom. The predicted octanol–water partition coefficient (Wildman–Crippen LogP) is 7.13. The molecule has 9 rings (SSSR count). The van der Waals surface area contributed by atoms with Crippen LogP contribution in [0.2, 0.25) is 0 Å². The fourth-order valence-electron chi connectivity index (χ4n) is 14.0. The molecule has 0 aromatic carbocycles. The normalized spacial score (nSPS) is 51.7. The highest BCUT2D eigenvalue weighted by molar-refractivity contribution is 5.97. The Bertz CT molecular complexity index is 1060. The van der Waals surface area contributed by atoms with E-state index >= 15 is 0 Å². The fraction of sp³-hybridized carbons (Fsp3) is 0.812. The first-order chi connectivity index (χ1) is 17.5. The van der Waals surface area contributed by atoms with Gasteiger partial charge < -0.3 is 10.6 Å². The van der Waals surface area contributed by atoms with Crippen LogP contribution in [-0.4, -0.2) is 21.8 Å². The van der Waals surface area contributed by atoms with E-state index in [-0.39, 0.29) is 55.1 Å². The van der Waals surface area contributed by atoms with Gasteiger partial charge in [0.2, 0.25) is 11.8 Å². The van der Waals surface area contributed by atoms with Crippen LogP contribution < -0.4 is 10.6 Å². The lowest BCUT2D eigenvalue weighted by Crippen LogP contribution is -2.62. The van der Waals surface area contributed by atoms with Crippen LogP contribution in [0.5, 0.6) is 0 Å². The molecule has 0 radical (unpaired) electrons. The molecule has 0 aliphatic heterocycles. The van der Waals surface area contributed by atoms with Crippen LogP contribution in [0.3, 0.4) is 0 Å². The van der Waals surface area contributed by atoms with E-state index in [1.807, 2.05) is 0 Å². The first kappa shape index (κ1) is 25.0. The molecule has 0 atom stereocenters. The number of aromatic nitrogens is 2. The molecule has 6 nitrogen and oxygen atoms in total. The maximum atomic E-state index is 13.9. The molecule has 2 amide bonds. The van der Waals surface area contributed by atoms with Crippen LogP contribution in [0.25, 0.3) is 0 Å². The minimum Gasteiger partial charge on any atom is -0.309 e. The second-order valence-electron chi connectivity index (χ2n) is 17.7. The van der Waals surface area contributed by atoms with Crippen LogP contribution in [-0.2, 0) is 9.59 Å². The van der Waals surface area contributed by atoms with Crippen molar-refractivity contribution >= 4 is 23.5 Å². The Labute approximate surface area is 227 Å². The number of carbonyl (C=O) groups is 2. The number of nitrogens with zero attached hydrogens (tertiary/aromatic N) is 2. The topological polar surface area (TPSA) is 84.0 Å².